The molecule has 0 aliphatic rings. The van der Waals surface area contributed by atoms with E-state index in [0.717, 1.165) is 3.57 Å². The van der Waals surface area contributed by atoms with Crippen molar-refractivity contribution >= 4 is 51.6 Å². The number of fused-ring (bicyclic) bond motifs is 1. The molecule has 2 aromatic carbocycles. The summed E-state index contributed by atoms with van der Waals surface area (Å²) < 4.78 is 6.49. The molecular weight excluding hydrogens is 395 g/mol. The molecule has 3 aromatic rings. The van der Waals surface area contributed by atoms with Crippen LogP contribution < -0.4 is 11.1 Å². The van der Waals surface area contributed by atoms with Crippen LogP contribution in [0.4, 0.5) is 6.01 Å². The molecule has 0 fully saturated rings. The molecule has 7 heteroatoms. The Bertz CT molecular complexity index is 858. The van der Waals surface area contributed by atoms with Crippen LogP contribution in [0, 0.1) is 3.57 Å². The van der Waals surface area contributed by atoms with Crippen molar-refractivity contribution in [2.75, 3.05) is 0 Å². The SMILES string of the molecule is NC(=Nc1nc2cc(I)ccc2o1)NC(=O)c1ccccc1. The van der Waals surface area contributed by atoms with Crippen LogP contribution in [0.25, 0.3) is 11.1 Å². The van der Waals surface area contributed by atoms with Gasteiger partial charge < -0.3 is 10.2 Å². The molecule has 0 saturated heterocycles. The number of nitrogens with two attached hydrogens (primary N) is 1. The lowest BCUT2D eigenvalue weighted by Gasteiger charge is -2.02. The maximum atomic E-state index is 11.9. The second kappa shape index (κ2) is 6.14. The van der Waals surface area contributed by atoms with E-state index in [9.17, 15) is 4.79 Å². The summed E-state index contributed by atoms with van der Waals surface area (Å²) in [6, 6.07) is 14.4. The van der Waals surface area contributed by atoms with E-state index in [1.54, 1.807) is 24.3 Å². The third-order valence-corrected chi connectivity index (χ3v) is 3.50. The molecule has 3 rings (SSSR count). The minimum Gasteiger partial charge on any atom is -0.422 e. The van der Waals surface area contributed by atoms with E-state index in [1.165, 1.54) is 0 Å². The van der Waals surface area contributed by atoms with Crippen molar-refractivity contribution in [3.8, 4) is 0 Å². The Morgan fingerprint density at radius 3 is 2.77 bits per heavy atom. The second-order valence-electron chi connectivity index (χ2n) is 4.43. The first-order valence-electron chi connectivity index (χ1n) is 6.38. The molecular formula is C15H11IN4O2. The Kier molecular flexibility index (Phi) is 4.05. The molecule has 0 aliphatic carbocycles. The number of rotatable bonds is 2. The number of oxazole rings is 1. The highest BCUT2D eigenvalue weighted by molar-refractivity contribution is 14.1. The summed E-state index contributed by atoms with van der Waals surface area (Å²) >= 11 is 2.19. The van der Waals surface area contributed by atoms with Gasteiger partial charge in [0.25, 0.3) is 5.91 Å². The van der Waals surface area contributed by atoms with Gasteiger partial charge in [0.15, 0.2) is 5.58 Å². The average molecular weight is 406 g/mol. The van der Waals surface area contributed by atoms with Crippen LogP contribution in [0.15, 0.2) is 57.9 Å². The Morgan fingerprint density at radius 1 is 1.23 bits per heavy atom. The standard InChI is InChI=1S/C15H11IN4O2/c16-10-6-7-12-11(8-10)18-15(22-12)20-14(17)19-13(21)9-4-2-1-3-5-9/h1-8H,(H3,17,18,19,20,21). The van der Waals surface area contributed by atoms with Crippen LogP contribution in [0.3, 0.4) is 0 Å². The van der Waals surface area contributed by atoms with Crippen molar-refractivity contribution in [1.82, 2.24) is 10.3 Å². The second-order valence-corrected chi connectivity index (χ2v) is 5.67. The van der Waals surface area contributed by atoms with Gasteiger partial charge in [0, 0.05) is 9.13 Å². The van der Waals surface area contributed by atoms with E-state index in [1.807, 2.05) is 24.3 Å². The van der Waals surface area contributed by atoms with Gasteiger partial charge in [0.05, 0.1) is 0 Å². The Labute approximate surface area is 139 Å². The van der Waals surface area contributed by atoms with Crippen LogP contribution in [0.1, 0.15) is 10.4 Å². The average Bonchev–Trinajstić information content (AvgIpc) is 2.89. The number of aliphatic imine (C=N–C) groups is 1. The maximum absolute atomic E-state index is 11.9. The normalized spacial score (nSPS) is 11.6. The lowest BCUT2D eigenvalue weighted by atomic mass is 10.2. The number of amides is 1. The van der Waals surface area contributed by atoms with Crippen molar-refractivity contribution < 1.29 is 9.21 Å². The highest BCUT2D eigenvalue weighted by Gasteiger charge is 2.09. The third-order valence-electron chi connectivity index (χ3n) is 2.83. The lowest BCUT2D eigenvalue weighted by Crippen LogP contribution is -2.36. The predicted molar refractivity (Wildman–Crippen MR) is 91.9 cm³/mol. The lowest BCUT2D eigenvalue weighted by molar-refractivity contribution is 0.0976. The van der Waals surface area contributed by atoms with Gasteiger partial charge in [0.2, 0.25) is 5.96 Å². The molecule has 0 bridgehead atoms. The summed E-state index contributed by atoms with van der Waals surface area (Å²) in [6.07, 6.45) is 0. The minimum absolute atomic E-state index is 0.0740. The summed E-state index contributed by atoms with van der Waals surface area (Å²) in [5, 5.41) is 2.49. The molecule has 1 heterocycles. The number of benzene rings is 2. The largest absolute Gasteiger partial charge is 0.422 e. The van der Waals surface area contributed by atoms with E-state index >= 15 is 0 Å². The summed E-state index contributed by atoms with van der Waals surface area (Å²) in [5.74, 6) is -0.414. The molecule has 0 spiro atoms. The van der Waals surface area contributed by atoms with Crippen molar-refractivity contribution in [3.05, 3.63) is 57.7 Å². The molecule has 6 nitrogen and oxygen atoms in total. The first-order chi connectivity index (χ1) is 10.6. The van der Waals surface area contributed by atoms with Gasteiger partial charge in [-0.2, -0.15) is 9.98 Å². The van der Waals surface area contributed by atoms with Crippen molar-refractivity contribution in [2.45, 2.75) is 0 Å². The van der Waals surface area contributed by atoms with Crippen LogP contribution in [-0.4, -0.2) is 16.9 Å². The van der Waals surface area contributed by atoms with E-state index in [2.05, 4.69) is 37.9 Å². The number of hydrogen-bond donors (Lipinski definition) is 2. The first-order valence-corrected chi connectivity index (χ1v) is 7.46. The molecule has 1 aromatic heterocycles. The van der Waals surface area contributed by atoms with Crippen molar-refractivity contribution in [2.24, 2.45) is 10.7 Å². The highest BCUT2D eigenvalue weighted by atomic mass is 127. The maximum Gasteiger partial charge on any atom is 0.325 e. The molecule has 0 radical (unpaired) electrons. The predicted octanol–water partition coefficient (Wildman–Crippen LogP) is 2.81. The molecule has 0 atom stereocenters. The number of hydrogen-bond acceptors (Lipinski definition) is 4. The summed E-state index contributed by atoms with van der Waals surface area (Å²) in [6.45, 7) is 0. The van der Waals surface area contributed by atoms with Gasteiger partial charge >= 0.3 is 6.01 Å². The topological polar surface area (TPSA) is 93.5 Å². The van der Waals surface area contributed by atoms with E-state index in [0.29, 0.717) is 16.7 Å². The van der Waals surface area contributed by atoms with Gasteiger partial charge in [0.1, 0.15) is 5.52 Å². The van der Waals surface area contributed by atoms with Crippen molar-refractivity contribution in [1.29, 1.82) is 0 Å². The fourth-order valence-corrected chi connectivity index (χ4v) is 2.32. The van der Waals surface area contributed by atoms with Crippen LogP contribution >= 0.6 is 22.6 Å². The Balaban J connectivity index is 1.79. The highest BCUT2D eigenvalue weighted by Crippen LogP contribution is 2.22. The van der Waals surface area contributed by atoms with Crippen LogP contribution in [-0.2, 0) is 0 Å². The number of aromatic nitrogens is 1. The first kappa shape index (κ1) is 14.5. The van der Waals surface area contributed by atoms with Gasteiger partial charge in [-0.05, 0) is 52.9 Å². The van der Waals surface area contributed by atoms with E-state index < -0.39 is 0 Å². The monoisotopic (exact) mass is 406 g/mol. The zero-order valence-electron chi connectivity index (χ0n) is 11.3. The summed E-state index contributed by atoms with van der Waals surface area (Å²) in [4.78, 5) is 20.1. The minimum atomic E-state index is -0.340. The third kappa shape index (κ3) is 3.25. The number of nitrogens with one attached hydrogen (secondary N) is 1. The summed E-state index contributed by atoms with van der Waals surface area (Å²) in [7, 11) is 0. The number of carbonyl (C=O) groups is 1. The molecule has 3 N–H and O–H groups in total. The van der Waals surface area contributed by atoms with Gasteiger partial charge in [-0.15, -0.1) is 0 Å². The Hall–Kier alpha value is -2.42. The fourth-order valence-electron chi connectivity index (χ4n) is 1.85. The van der Waals surface area contributed by atoms with Gasteiger partial charge in [-0.25, -0.2) is 0 Å². The molecule has 22 heavy (non-hydrogen) atoms. The summed E-state index contributed by atoms with van der Waals surface area (Å²) in [5.41, 5.74) is 7.51. The number of carbonyl (C=O) groups excluding carboxylic acids is 1. The quantitative estimate of drug-likeness (QED) is 0.389. The molecule has 0 unspecified atom stereocenters. The fraction of sp³-hybridized carbons (Fsp3) is 0. The smallest absolute Gasteiger partial charge is 0.325 e. The number of halogens is 1. The van der Waals surface area contributed by atoms with Crippen LogP contribution in [0.5, 0.6) is 0 Å². The molecule has 0 aliphatic heterocycles. The van der Waals surface area contributed by atoms with Crippen molar-refractivity contribution in [3.63, 3.8) is 0 Å². The van der Waals surface area contributed by atoms with Crippen LogP contribution in [0.2, 0.25) is 0 Å². The zero-order valence-corrected chi connectivity index (χ0v) is 13.4. The number of nitrogens with zero attached hydrogens (tertiary/aromatic N) is 2. The van der Waals surface area contributed by atoms with Gasteiger partial charge in [-0.3, -0.25) is 10.1 Å². The molecule has 1 amide bonds. The zero-order chi connectivity index (χ0) is 15.5. The Morgan fingerprint density at radius 2 is 2.00 bits per heavy atom. The number of guanidine groups is 1. The molecule has 0 saturated carbocycles. The van der Waals surface area contributed by atoms with E-state index in [-0.39, 0.29) is 17.9 Å². The molecule has 110 valence electrons. The van der Waals surface area contributed by atoms with Gasteiger partial charge in [-0.1, -0.05) is 18.2 Å². The van der Waals surface area contributed by atoms with E-state index in [4.69, 9.17) is 10.2 Å².